The Kier molecular flexibility index (Phi) is 7.11. The smallest absolute Gasteiger partial charge is 0.333 e. The molecule has 2 aromatic heterocycles. The quantitative estimate of drug-likeness (QED) is 0.156. The van der Waals surface area contributed by atoms with E-state index in [0.29, 0.717) is 0 Å². The zero-order valence-corrected chi connectivity index (χ0v) is 35.6. The van der Waals surface area contributed by atoms with E-state index in [1.54, 1.807) is 0 Å². The molecule has 0 amide bonds. The molecule has 0 atom stereocenters. The van der Waals surface area contributed by atoms with Gasteiger partial charge in [0, 0.05) is 49.4 Å². The van der Waals surface area contributed by atoms with Crippen LogP contribution in [0.5, 0.6) is 0 Å². The highest BCUT2D eigenvalue weighted by Gasteiger charge is 2.45. The summed E-state index contributed by atoms with van der Waals surface area (Å²) in [5, 5.41) is 6.65. The van der Waals surface area contributed by atoms with E-state index in [2.05, 4.69) is 206 Å². The molecule has 0 saturated heterocycles. The van der Waals surface area contributed by atoms with E-state index < -0.39 is 0 Å². The summed E-state index contributed by atoms with van der Waals surface area (Å²) in [6, 6.07) is 49.1. The van der Waals surface area contributed by atoms with Crippen LogP contribution < -0.4 is 10.9 Å². The van der Waals surface area contributed by atoms with Crippen molar-refractivity contribution in [2.45, 2.75) is 85.5 Å². The van der Waals surface area contributed by atoms with Crippen LogP contribution in [0.4, 0.5) is 0 Å². The predicted molar refractivity (Wildman–Crippen MR) is 251 cm³/mol. The Bertz CT molecular complexity index is 3220. The lowest BCUT2D eigenvalue weighted by Crippen LogP contribution is -2.55. The van der Waals surface area contributed by atoms with Gasteiger partial charge in [-0.05, 0) is 97.1 Å². The molecule has 0 aliphatic carbocycles. The van der Waals surface area contributed by atoms with Crippen molar-refractivity contribution in [3.8, 4) is 39.2 Å². The van der Waals surface area contributed by atoms with Crippen molar-refractivity contribution in [3.63, 3.8) is 0 Å². The van der Waals surface area contributed by atoms with Gasteiger partial charge in [0.25, 0.3) is 0 Å². The average molecular weight is 751 g/mol. The highest BCUT2D eigenvalue weighted by atomic mass is 15.0. The molecule has 284 valence electrons. The molecule has 0 unspecified atom stereocenters. The van der Waals surface area contributed by atoms with E-state index in [-0.39, 0.29) is 23.1 Å². The minimum atomic E-state index is -0.109. The van der Waals surface area contributed by atoms with E-state index in [4.69, 9.17) is 0 Å². The first kappa shape index (κ1) is 35.4. The van der Waals surface area contributed by atoms with Gasteiger partial charge in [0.2, 0.25) is 0 Å². The van der Waals surface area contributed by atoms with Crippen molar-refractivity contribution < 1.29 is 0 Å². The molecule has 2 aliphatic heterocycles. The van der Waals surface area contributed by atoms with Gasteiger partial charge < -0.3 is 9.05 Å². The van der Waals surface area contributed by atoms with Crippen LogP contribution >= 0.6 is 0 Å². The molecule has 0 bridgehead atoms. The molecule has 9 aromatic rings. The Morgan fingerprint density at radius 3 is 1.93 bits per heavy atom. The maximum absolute atomic E-state index is 2.79. The van der Waals surface area contributed by atoms with Gasteiger partial charge in [0.05, 0.1) is 16.7 Å². The van der Waals surface area contributed by atoms with Crippen molar-refractivity contribution >= 4 is 61.3 Å². The maximum Gasteiger partial charge on any atom is 0.333 e. The van der Waals surface area contributed by atoms with Crippen molar-refractivity contribution in [1.29, 1.82) is 0 Å². The highest BCUT2D eigenvalue weighted by Crippen LogP contribution is 2.52. The van der Waals surface area contributed by atoms with Crippen molar-refractivity contribution in [2.75, 3.05) is 0 Å². The summed E-state index contributed by atoms with van der Waals surface area (Å²) in [5.74, 6) is 0. The van der Waals surface area contributed by atoms with Crippen LogP contribution in [-0.4, -0.2) is 15.9 Å². The molecule has 2 aliphatic rings. The van der Waals surface area contributed by atoms with Crippen LogP contribution in [0.2, 0.25) is 0 Å². The molecule has 0 saturated carbocycles. The number of hydrogen-bond acceptors (Lipinski definition) is 0. The van der Waals surface area contributed by atoms with Gasteiger partial charge in [0.15, 0.2) is 0 Å². The standard InChI is InChI=1S/C55H51BN2/c1-32-18-14-16-22-37(32)51-46(34-20-12-11-13-21-34)42-30-36(54(5,6)7)29-40-39-31-43(55(8,9)10)47-41-28-35(53(2,3)4)25-27-45(41)57-50-38-23-17-15-19-33(38)24-26-44(50)56(48(39)52(47)57)58(51)49(40)42/h11-31H,1-10H3. The number of benzene rings is 7. The van der Waals surface area contributed by atoms with E-state index in [9.17, 15) is 0 Å². The first-order valence-corrected chi connectivity index (χ1v) is 21.1. The Balaban J connectivity index is 1.46. The summed E-state index contributed by atoms with van der Waals surface area (Å²) in [7, 11) is 0. The van der Waals surface area contributed by atoms with Crippen LogP contribution in [0, 0.1) is 6.92 Å². The zero-order valence-electron chi connectivity index (χ0n) is 35.6. The Labute approximate surface area is 343 Å². The minimum absolute atomic E-state index is 0.0152. The fraction of sp³-hybridized carbons (Fsp3) is 0.236. The monoisotopic (exact) mass is 750 g/mol. The third-order valence-corrected chi connectivity index (χ3v) is 13.4. The molecular weight excluding hydrogens is 699 g/mol. The van der Waals surface area contributed by atoms with E-state index in [0.717, 1.165) is 0 Å². The molecule has 58 heavy (non-hydrogen) atoms. The summed E-state index contributed by atoms with van der Waals surface area (Å²) in [6.45, 7) is 23.6. The van der Waals surface area contributed by atoms with Gasteiger partial charge in [0.1, 0.15) is 0 Å². The molecule has 11 rings (SSSR count). The molecule has 0 radical (unpaired) electrons. The molecule has 4 heterocycles. The van der Waals surface area contributed by atoms with Gasteiger partial charge in [-0.15, -0.1) is 0 Å². The summed E-state index contributed by atoms with van der Waals surface area (Å²) in [4.78, 5) is 0. The van der Waals surface area contributed by atoms with Gasteiger partial charge in [-0.2, -0.15) is 0 Å². The summed E-state index contributed by atoms with van der Waals surface area (Å²) >= 11 is 0. The third kappa shape index (κ3) is 4.74. The van der Waals surface area contributed by atoms with Gasteiger partial charge in [-0.1, -0.05) is 165 Å². The van der Waals surface area contributed by atoms with E-state index in [1.807, 2.05) is 0 Å². The fourth-order valence-corrected chi connectivity index (χ4v) is 10.5. The van der Waals surface area contributed by atoms with Crippen molar-refractivity contribution in [1.82, 2.24) is 9.05 Å². The summed E-state index contributed by atoms with van der Waals surface area (Å²) in [6.07, 6.45) is 0. The number of rotatable bonds is 2. The van der Waals surface area contributed by atoms with Gasteiger partial charge in [-0.25, -0.2) is 0 Å². The summed E-state index contributed by atoms with van der Waals surface area (Å²) in [5.41, 5.74) is 21.2. The Morgan fingerprint density at radius 2 is 1.21 bits per heavy atom. The largest absolute Gasteiger partial charge is 0.375 e. The molecule has 0 fully saturated rings. The lowest BCUT2D eigenvalue weighted by atomic mass is 9.45. The second kappa shape index (κ2) is 11.7. The van der Waals surface area contributed by atoms with Crippen LogP contribution in [0.25, 0.3) is 82.7 Å². The van der Waals surface area contributed by atoms with Crippen LogP contribution in [0.3, 0.4) is 0 Å². The van der Waals surface area contributed by atoms with Crippen molar-refractivity contribution in [3.05, 3.63) is 150 Å². The third-order valence-electron chi connectivity index (χ3n) is 13.4. The topological polar surface area (TPSA) is 9.86 Å². The molecular formula is C55H51BN2. The van der Waals surface area contributed by atoms with Crippen molar-refractivity contribution in [2.24, 2.45) is 0 Å². The Morgan fingerprint density at radius 1 is 0.517 bits per heavy atom. The highest BCUT2D eigenvalue weighted by molar-refractivity contribution is 6.90. The van der Waals surface area contributed by atoms with E-state index >= 15 is 0 Å². The van der Waals surface area contributed by atoms with E-state index in [1.165, 1.54) is 116 Å². The van der Waals surface area contributed by atoms with Crippen LogP contribution in [0.15, 0.2) is 127 Å². The van der Waals surface area contributed by atoms with Gasteiger partial charge >= 0.3 is 6.85 Å². The Hall–Kier alpha value is -5.80. The first-order chi connectivity index (χ1) is 27.6. The second-order valence-electron chi connectivity index (χ2n) is 20.2. The molecule has 2 nitrogen and oxygen atoms in total. The van der Waals surface area contributed by atoms with Crippen LogP contribution in [0.1, 0.15) is 84.6 Å². The molecule has 0 N–H and O–H groups in total. The number of fused-ring (bicyclic) bond motifs is 10. The van der Waals surface area contributed by atoms with Crippen LogP contribution in [-0.2, 0) is 16.2 Å². The first-order valence-electron chi connectivity index (χ1n) is 21.1. The molecule has 7 aromatic carbocycles. The number of nitrogens with zero attached hydrogens (tertiary/aromatic N) is 2. The predicted octanol–water partition coefficient (Wildman–Crippen LogP) is 13.4. The molecule has 0 spiro atoms. The zero-order chi connectivity index (χ0) is 40.2. The lowest BCUT2D eigenvalue weighted by Gasteiger charge is -2.37. The number of aryl methyl sites for hydroxylation is 1. The normalized spacial score (nSPS) is 13.7. The molecule has 3 heteroatoms. The summed E-state index contributed by atoms with van der Waals surface area (Å²) < 4.78 is 5.47. The van der Waals surface area contributed by atoms with Gasteiger partial charge in [-0.3, -0.25) is 0 Å². The second-order valence-corrected chi connectivity index (χ2v) is 20.2. The lowest BCUT2D eigenvalue weighted by molar-refractivity contribution is 0.590. The number of hydrogen-bond donors (Lipinski definition) is 0. The minimum Gasteiger partial charge on any atom is -0.375 e. The SMILES string of the molecule is Cc1ccccc1-c1c(-c2ccccc2)c2cc(C(C)(C)C)cc3c2n1B1c2ccc4ccccc4c2-n2c4ccc(C(C)(C)C)cc4c4c(C(C)(C)C)cc-3c1c42. The number of aromatic nitrogens is 2. The fourth-order valence-electron chi connectivity index (χ4n) is 10.5. The average Bonchev–Trinajstić information content (AvgIpc) is 3.71. The maximum atomic E-state index is 2.79.